The fraction of sp³-hybridized carbons (Fsp3) is 0.538. The number of hydrogen-bond acceptors (Lipinski definition) is 3. The van der Waals surface area contributed by atoms with Crippen molar-refractivity contribution in [1.29, 1.82) is 0 Å². The maximum atomic E-state index is 9.72. The third-order valence-corrected chi connectivity index (χ3v) is 7.95. The van der Waals surface area contributed by atoms with Gasteiger partial charge in [0.2, 0.25) is 0 Å². The number of benzene rings is 1. The van der Waals surface area contributed by atoms with Gasteiger partial charge >= 0.3 is 125 Å². The first kappa shape index (κ1) is 17.0. The molecule has 110 valence electrons. The average Bonchev–Trinajstić information content (AvgIpc) is 2.25. The van der Waals surface area contributed by atoms with Crippen LogP contribution in [0, 0.1) is 0 Å². The van der Waals surface area contributed by atoms with Crippen LogP contribution < -0.4 is 10.0 Å². The van der Waals surface area contributed by atoms with Gasteiger partial charge in [-0.2, -0.15) is 0 Å². The zero-order valence-corrected chi connectivity index (χ0v) is 16.0. The Labute approximate surface area is 125 Å². The van der Waals surface area contributed by atoms with Gasteiger partial charge in [0.1, 0.15) is 0 Å². The molecule has 1 aromatic rings. The van der Waals surface area contributed by atoms with Crippen molar-refractivity contribution in [2.75, 3.05) is 33.3 Å². The van der Waals surface area contributed by atoms with E-state index in [1.54, 1.807) is 19.2 Å². The maximum absolute atomic E-state index is 9.72. The van der Waals surface area contributed by atoms with Crippen LogP contribution in [0.2, 0.25) is 13.1 Å². The van der Waals surface area contributed by atoms with Crippen LogP contribution in [-0.4, -0.2) is 46.8 Å². The number of halogens is 1. The van der Waals surface area contributed by atoms with Gasteiger partial charge in [-0.3, -0.25) is 0 Å². The summed E-state index contributed by atoms with van der Waals surface area (Å²) in [5.74, 6) is 1.10. The molecule has 1 aromatic carbocycles. The molecular formula is C13H24BrO3PSi. The van der Waals surface area contributed by atoms with Gasteiger partial charge in [-0.1, -0.05) is 0 Å². The Bertz CT molecular complexity index is 459. The van der Waals surface area contributed by atoms with Crippen LogP contribution in [0.25, 0.3) is 0 Å². The topological polar surface area (TPSA) is 38.7 Å². The van der Waals surface area contributed by atoms with Gasteiger partial charge in [0.05, 0.1) is 0 Å². The predicted molar refractivity (Wildman–Crippen MR) is 91.3 cm³/mol. The summed E-state index contributed by atoms with van der Waals surface area (Å²) in [6.07, 6.45) is 0.598. The molecule has 0 amide bonds. The van der Waals surface area contributed by atoms with Crippen LogP contribution in [0.15, 0.2) is 18.2 Å². The second kappa shape index (κ2) is 5.36. The van der Waals surface area contributed by atoms with Gasteiger partial charge in [-0.25, -0.2) is 0 Å². The molecule has 0 unspecified atom stereocenters. The van der Waals surface area contributed by atoms with E-state index in [-0.39, 0.29) is 5.75 Å². The molecule has 0 saturated heterocycles. The third-order valence-electron chi connectivity index (χ3n) is 2.88. The quantitative estimate of drug-likeness (QED) is 0.639. The van der Waals surface area contributed by atoms with Crippen molar-refractivity contribution in [3.63, 3.8) is 0 Å². The van der Waals surface area contributed by atoms with Gasteiger partial charge in [0.15, 0.2) is 0 Å². The molecule has 0 bridgehead atoms. The number of hydrogen-bond donors (Lipinski definition) is 1. The summed E-state index contributed by atoms with van der Waals surface area (Å²) in [4.78, 5) is 0. The second-order valence-electron chi connectivity index (χ2n) is 6.51. The van der Waals surface area contributed by atoms with E-state index in [9.17, 15) is 5.11 Å². The Balaban J connectivity index is 3.09. The molecule has 0 saturated carbocycles. The molecule has 1 rings (SSSR count). The molecule has 0 aromatic heterocycles. The normalized spacial score (nSPS) is 14.8. The van der Waals surface area contributed by atoms with Crippen molar-refractivity contribution in [3.8, 4) is 11.5 Å². The summed E-state index contributed by atoms with van der Waals surface area (Å²) in [5.41, 5.74) is 0. The van der Waals surface area contributed by atoms with Crippen molar-refractivity contribution in [2.24, 2.45) is 0 Å². The zero-order valence-electron chi connectivity index (χ0n) is 12.5. The Kier molecular flexibility index (Phi) is 4.78. The molecule has 0 radical (unpaired) electrons. The van der Waals surface area contributed by atoms with E-state index in [2.05, 4.69) is 48.6 Å². The molecule has 0 spiro atoms. The Morgan fingerprint density at radius 2 is 1.84 bits per heavy atom. The summed E-state index contributed by atoms with van der Waals surface area (Å²) < 4.78 is 11.5. The standard InChI is InChI=1S/C13H24BrO3PSi/c1-16-19(5,6)10-17-12-8-7-11(15)9-13(12)18(2,3,4)14/h7-9,15H,10H2,1-6H3. The molecule has 0 aliphatic heterocycles. The molecule has 0 atom stereocenters. The molecule has 1 N–H and O–H groups in total. The third kappa shape index (κ3) is 5.07. The van der Waals surface area contributed by atoms with Gasteiger partial charge in [0.25, 0.3) is 0 Å². The van der Waals surface area contributed by atoms with Crippen LogP contribution in [0.5, 0.6) is 11.5 Å². The van der Waals surface area contributed by atoms with Crippen LogP contribution in [0.1, 0.15) is 0 Å². The number of phenols is 1. The van der Waals surface area contributed by atoms with Gasteiger partial charge < -0.3 is 0 Å². The van der Waals surface area contributed by atoms with E-state index in [0.717, 1.165) is 11.1 Å². The first-order valence-corrected chi connectivity index (χ1v) is 14.9. The number of ether oxygens (including phenoxy) is 1. The first-order chi connectivity index (χ1) is 8.41. The summed E-state index contributed by atoms with van der Waals surface area (Å²) >= 11 is 3.83. The number of aromatic hydroxyl groups is 1. The molecule has 0 aliphatic carbocycles. The monoisotopic (exact) mass is 366 g/mol. The molecule has 0 heterocycles. The van der Waals surface area contributed by atoms with E-state index in [4.69, 9.17) is 9.16 Å². The molecule has 19 heavy (non-hydrogen) atoms. The molecule has 3 nitrogen and oxygen atoms in total. The minimum absolute atomic E-state index is 0.268. The van der Waals surface area contributed by atoms with Crippen molar-refractivity contribution in [3.05, 3.63) is 18.2 Å². The Hall–Kier alpha value is -0.0931. The van der Waals surface area contributed by atoms with Crippen molar-refractivity contribution in [2.45, 2.75) is 13.1 Å². The summed E-state index contributed by atoms with van der Waals surface area (Å²) in [5, 5.41) is 8.58. The summed E-state index contributed by atoms with van der Waals surface area (Å²) in [7, 11) is -0.0321. The average molecular weight is 367 g/mol. The predicted octanol–water partition coefficient (Wildman–Crippen LogP) is 3.54. The van der Waals surface area contributed by atoms with E-state index in [1.165, 1.54) is 0 Å². The van der Waals surface area contributed by atoms with Crippen LogP contribution in [0.4, 0.5) is 0 Å². The molecule has 0 fully saturated rings. The fourth-order valence-corrected chi connectivity index (χ4v) is 4.43. The van der Waals surface area contributed by atoms with E-state index in [1.807, 2.05) is 6.07 Å². The van der Waals surface area contributed by atoms with Crippen molar-refractivity contribution < 1.29 is 14.3 Å². The van der Waals surface area contributed by atoms with Crippen LogP contribution in [0.3, 0.4) is 0 Å². The van der Waals surface area contributed by atoms with Gasteiger partial charge in [0, 0.05) is 0 Å². The zero-order chi connectivity index (χ0) is 14.9. The van der Waals surface area contributed by atoms with Crippen LogP contribution >= 0.6 is 20.8 Å². The Morgan fingerprint density at radius 1 is 1.26 bits per heavy atom. The van der Waals surface area contributed by atoms with Gasteiger partial charge in [-0.05, 0) is 0 Å². The Morgan fingerprint density at radius 3 is 2.32 bits per heavy atom. The fourth-order valence-electron chi connectivity index (χ4n) is 1.53. The summed E-state index contributed by atoms with van der Waals surface area (Å²) in [6, 6.07) is 5.29. The van der Waals surface area contributed by atoms with E-state index >= 15 is 0 Å². The van der Waals surface area contributed by atoms with Crippen molar-refractivity contribution in [1.82, 2.24) is 0 Å². The van der Waals surface area contributed by atoms with E-state index < -0.39 is 13.6 Å². The first-order valence-electron chi connectivity index (χ1n) is 6.15. The van der Waals surface area contributed by atoms with Crippen molar-refractivity contribution >= 4 is 34.4 Å². The van der Waals surface area contributed by atoms with Gasteiger partial charge in [-0.15, -0.1) is 0 Å². The second-order valence-corrected chi connectivity index (χ2v) is 23.9. The SMILES string of the molecule is CO[Si](C)(C)COc1ccc(O)cc1P(C)(C)(C)Br. The number of rotatable bonds is 5. The molecular weight excluding hydrogens is 343 g/mol. The minimum atomic E-state index is -2.18. The molecule has 0 aliphatic rings. The summed E-state index contributed by atoms with van der Waals surface area (Å²) in [6.45, 7) is 10.8. The number of phenolic OH excluding ortho intramolecular Hbond substituents is 1. The van der Waals surface area contributed by atoms with E-state index in [0.29, 0.717) is 6.23 Å². The molecule has 6 heteroatoms. The van der Waals surface area contributed by atoms with Crippen LogP contribution in [-0.2, 0) is 4.43 Å².